The Morgan fingerprint density at radius 2 is 1.89 bits per heavy atom. The molecule has 1 amide bonds. The Labute approximate surface area is 157 Å². The number of rotatable bonds is 6. The summed E-state index contributed by atoms with van der Waals surface area (Å²) in [7, 11) is 3.21. The molecule has 4 rings (SSSR count). The number of hydrogen-bond acceptors (Lipinski definition) is 4. The molecule has 0 aliphatic heterocycles. The van der Waals surface area contributed by atoms with E-state index in [2.05, 4.69) is 5.32 Å². The van der Waals surface area contributed by atoms with E-state index in [4.69, 9.17) is 14.6 Å². The molecule has 1 aliphatic carbocycles. The normalized spacial score (nSPS) is 13.3. The van der Waals surface area contributed by atoms with E-state index in [1.54, 1.807) is 25.1 Å². The number of para-hydroxylation sites is 1. The topological polar surface area (TPSA) is 65.4 Å². The predicted octanol–water partition coefficient (Wildman–Crippen LogP) is 3.45. The number of amides is 1. The van der Waals surface area contributed by atoms with Gasteiger partial charge in [-0.3, -0.25) is 4.79 Å². The minimum Gasteiger partial charge on any atom is -0.497 e. The molecule has 0 saturated heterocycles. The number of nitrogens with zero attached hydrogens (tertiary/aromatic N) is 2. The molecule has 2 aromatic carbocycles. The van der Waals surface area contributed by atoms with E-state index in [0.29, 0.717) is 28.3 Å². The first-order valence-corrected chi connectivity index (χ1v) is 8.88. The molecule has 0 bridgehead atoms. The molecule has 3 aromatic rings. The third-order valence-corrected chi connectivity index (χ3v) is 4.55. The van der Waals surface area contributed by atoms with Crippen LogP contribution in [-0.2, 0) is 0 Å². The summed E-state index contributed by atoms with van der Waals surface area (Å²) < 4.78 is 12.6. The summed E-state index contributed by atoms with van der Waals surface area (Å²) in [5, 5.41) is 7.75. The van der Waals surface area contributed by atoms with E-state index < -0.39 is 0 Å². The van der Waals surface area contributed by atoms with Crippen molar-refractivity contribution in [2.24, 2.45) is 0 Å². The quantitative estimate of drug-likeness (QED) is 0.728. The molecule has 0 spiro atoms. The van der Waals surface area contributed by atoms with Crippen LogP contribution >= 0.6 is 0 Å². The smallest absolute Gasteiger partial charge is 0.255 e. The summed E-state index contributed by atoms with van der Waals surface area (Å²) >= 11 is 0. The summed E-state index contributed by atoms with van der Waals surface area (Å²) in [6.07, 6.45) is 3.81. The lowest BCUT2D eigenvalue weighted by Gasteiger charge is -2.10. The molecule has 27 heavy (non-hydrogen) atoms. The van der Waals surface area contributed by atoms with Crippen LogP contribution in [0, 0.1) is 0 Å². The van der Waals surface area contributed by atoms with Crippen LogP contribution in [0.2, 0.25) is 0 Å². The van der Waals surface area contributed by atoms with Gasteiger partial charge in [0.05, 0.1) is 25.5 Å². The van der Waals surface area contributed by atoms with Gasteiger partial charge in [-0.15, -0.1) is 0 Å². The average molecular weight is 363 g/mol. The van der Waals surface area contributed by atoms with E-state index in [1.807, 2.05) is 48.5 Å². The molecule has 1 saturated carbocycles. The van der Waals surface area contributed by atoms with Crippen LogP contribution in [0.15, 0.2) is 54.7 Å². The van der Waals surface area contributed by atoms with Crippen LogP contribution in [0.4, 0.5) is 0 Å². The van der Waals surface area contributed by atoms with Crippen LogP contribution in [0.5, 0.6) is 11.5 Å². The molecular formula is C21H21N3O3. The standard InChI is InChI=1S/C21H21N3O3/c1-26-16-10-11-19(27-2)17(12-16)20-18(21(25)22-14-8-9-14)13-24(23-20)15-6-4-3-5-7-15/h3-7,10-14H,8-9H2,1-2H3,(H,22,25). The number of carbonyl (C=O) groups excluding carboxylic acids is 1. The fourth-order valence-electron chi connectivity index (χ4n) is 2.94. The molecular weight excluding hydrogens is 342 g/mol. The Kier molecular flexibility index (Phi) is 4.54. The maximum Gasteiger partial charge on any atom is 0.255 e. The second-order valence-electron chi connectivity index (χ2n) is 6.49. The second-order valence-corrected chi connectivity index (χ2v) is 6.49. The highest BCUT2D eigenvalue weighted by Gasteiger charge is 2.27. The van der Waals surface area contributed by atoms with Crippen molar-refractivity contribution in [2.45, 2.75) is 18.9 Å². The Hall–Kier alpha value is -3.28. The van der Waals surface area contributed by atoms with Crippen molar-refractivity contribution in [3.63, 3.8) is 0 Å². The lowest BCUT2D eigenvalue weighted by atomic mass is 10.1. The summed E-state index contributed by atoms with van der Waals surface area (Å²) in [6, 6.07) is 15.4. The number of methoxy groups -OCH3 is 2. The lowest BCUT2D eigenvalue weighted by molar-refractivity contribution is 0.0951. The Bertz CT molecular complexity index is 962. The number of carbonyl (C=O) groups is 1. The molecule has 1 N–H and O–H groups in total. The van der Waals surface area contributed by atoms with Crippen LogP contribution < -0.4 is 14.8 Å². The minimum atomic E-state index is -0.125. The van der Waals surface area contributed by atoms with Gasteiger partial charge in [0.1, 0.15) is 17.2 Å². The highest BCUT2D eigenvalue weighted by molar-refractivity contribution is 6.01. The Morgan fingerprint density at radius 3 is 2.56 bits per heavy atom. The average Bonchev–Trinajstić information content (AvgIpc) is 3.41. The molecule has 6 heteroatoms. The molecule has 1 aliphatic rings. The van der Waals surface area contributed by atoms with Crippen molar-refractivity contribution in [2.75, 3.05) is 14.2 Å². The molecule has 0 unspecified atom stereocenters. The van der Waals surface area contributed by atoms with Crippen molar-refractivity contribution in [3.8, 4) is 28.4 Å². The van der Waals surface area contributed by atoms with Gasteiger partial charge in [-0.1, -0.05) is 18.2 Å². The highest BCUT2D eigenvalue weighted by atomic mass is 16.5. The van der Waals surface area contributed by atoms with Crippen LogP contribution in [0.1, 0.15) is 23.2 Å². The third-order valence-electron chi connectivity index (χ3n) is 4.55. The van der Waals surface area contributed by atoms with Gasteiger partial charge in [-0.25, -0.2) is 4.68 Å². The largest absolute Gasteiger partial charge is 0.497 e. The number of aromatic nitrogens is 2. The lowest BCUT2D eigenvalue weighted by Crippen LogP contribution is -2.25. The molecule has 138 valence electrons. The highest BCUT2D eigenvalue weighted by Crippen LogP contribution is 2.35. The fourth-order valence-corrected chi connectivity index (χ4v) is 2.94. The molecule has 1 heterocycles. The molecule has 6 nitrogen and oxygen atoms in total. The monoisotopic (exact) mass is 363 g/mol. The van der Waals surface area contributed by atoms with E-state index in [0.717, 1.165) is 18.5 Å². The van der Waals surface area contributed by atoms with E-state index in [1.165, 1.54) is 0 Å². The molecule has 1 aromatic heterocycles. The molecule has 0 atom stereocenters. The van der Waals surface area contributed by atoms with Crippen molar-refractivity contribution >= 4 is 5.91 Å². The SMILES string of the molecule is COc1ccc(OC)c(-c2nn(-c3ccccc3)cc2C(=O)NC2CC2)c1. The van der Waals surface area contributed by atoms with Crippen molar-refractivity contribution in [1.29, 1.82) is 0 Å². The van der Waals surface area contributed by atoms with Crippen LogP contribution in [0.25, 0.3) is 16.9 Å². The minimum absolute atomic E-state index is 0.125. The first kappa shape index (κ1) is 17.1. The van der Waals surface area contributed by atoms with Gasteiger partial charge in [0.2, 0.25) is 0 Å². The van der Waals surface area contributed by atoms with E-state index in [-0.39, 0.29) is 11.9 Å². The van der Waals surface area contributed by atoms with E-state index >= 15 is 0 Å². The van der Waals surface area contributed by atoms with Gasteiger partial charge in [0, 0.05) is 17.8 Å². The van der Waals surface area contributed by atoms with Crippen molar-refractivity contribution in [3.05, 3.63) is 60.3 Å². The van der Waals surface area contributed by atoms with Crippen LogP contribution in [0.3, 0.4) is 0 Å². The number of hydrogen-bond donors (Lipinski definition) is 1. The maximum absolute atomic E-state index is 12.9. The Morgan fingerprint density at radius 1 is 1.11 bits per heavy atom. The van der Waals surface area contributed by atoms with Crippen molar-refractivity contribution in [1.82, 2.24) is 15.1 Å². The van der Waals surface area contributed by atoms with Gasteiger partial charge in [-0.2, -0.15) is 5.10 Å². The van der Waals surface area contributed by atoms with Crippen molar-refractivity contribution < 1.29 is 14.3 Å². The van der Waals surface area contributed by atoms with Gasteiger partial charge in [0.15, 0.2) is 0 Å². The zero-order valence-electron chi connectivity index (χ0n) is 15.3. The summed E-state index contributed by atoms with van der Waals surface area (Å²) in [6.45, 7) is 0. The predicted molar refractivity (Wildman–Crippen MR) is 103 cm³/mol. The zero-order valence-corrected chi connectivity index (χ0v) is 15.3. The maximum atomic E-state index is 12.9. The molecule has 0 radical (unpaired) electrons. The number of ether oxygens (including phenoxy) is 2. The van der Waals surface area contributed by atoms with Gasteiger partial charge < -0.3 is 14.8 Å². The summed E-state index contributed by atoms with van der Waals surface area (Å²) in [5.74, 6) is 1.18. The second kappa shape index (κ2) is 7.15. The van der Waals surface area contributed by atoms with Crippen LogP contribution in [-0.4, -0.2) is 35.9 Å². The number of nitrogens with one attached hydrogen (secondary N) is 1. The first-order valence-electron chi connectivity index (χ1n) is 8.88. The molecule has 1 fully saturated rings. The number of benzene rings is 2. The zero-order chi connectivity index (χ0) is 18.8. The van der Waals surface area contributed by atoms with Gasteiger partial charge >= 0.3 is 0 Å². The summed E-state index contributed by atoms with van der Waals surface area (Å²) in [4.78, 5) is 12.9. The summed E-state index contributed by atoms with van der Waals surface area (Å²) in [5.41, 5.74) is 2.67. The van der Waals surface area contributed by atoms with Gasteiger partial charge in [0.25, 0.3) is 5.91 Å². The van der Waals surface area contributed by atoms with Gasteiger partial charge in [-0.05, 0) is 43.2 Å². The third kappa shape index (κ3) is 3.51. The fraction of sp³-hybridized carbons (Fsp3) is 0.238. The van der Waals surface area contributed by atoms with E-state index in [9.17, 15) is 4.79 Å². The Balaban J connectivity index is 1.85. The first-order chi connectivity index (χ1) is 13.2.